The van der Waals surface area contributed by atoms with Crippen molar-refractivity contribution in [3.05, 3.63) is 30.1 Å². The summed E-state index contributed by atoms with van der Waals surface area (Å²) in [6.07, 6.45) is 4.63. The van der Waals surface area contributed by atoms with E-state index in [2.05, 4.69) is 10.3 Å². The van der Waals surface area contributed by atoms with E-state index in [-0.39, 0.29) is 24.3 Å². The van der Waals surface area contributed by atoms with Crippen LogP contribution in [0.25, 0.3) is 0 Å². The SMILES string of the molecule is COC(=O)[C@@H]1CN(C(=O)c2cccnc2)CCN1C(=O)C1CCNCC1. The molecule has 26 heavy (non-hydrogen) atoms. The summed E-state index contributed by atoms with van der Waals surface area (Å²) in [4.78, 5) is 45.0. The third kappa shape index (κ3) is 3.85. The minimum Gasteiger partial charge on any atom is -0.467 e. The number of esters is 1. The third-order valence-corrected chi connectivity index (χ3v) is 5.02. The minimum absolute atomic E-state index is 0.0182. The molecule has 2 amide bonds. The Bertz CT molecular complexity index is 660. The van der Waals surface area contributed by atoms with Gasteiger partial charge in [0.25, 0.3) is 5.91 Å². The Morgan fingerprint density at radius 2 is 2.00 bits per heavy atom. The maximum absolute atomic E-state index is 12.9. The molecule has 2 saturated heterocycles. The molecule has 8 heteroatoms. The first-order valence-electron chi connectivity index (χ1n) is 8.90. The molecular weight excluding hydrogens is 336 g/mol. The Balaban J connectivity index is 1.74. The molecule has 2 aliphatic rings. The van der Waals surface area contributed by atoms with Crippen molar-refractivity contribution in [3.63, 3.8) is 0 Å². The number of piperidine rings is 1. The fraction of sp³-hybridized carbons (Fsp3) is 0.556. The summed E-state index contributed by atoms with van der Waals surface area (Å²) in [5, 5.41) is 3.24. The molecule has 0 unspecified atom stereocenters. The van der Waals surface area contributed by atoms with Crippen LogP contribution in [-0.4, -0.2) is 78.4 Å². The van der Waals surface area contributed by atoms with Crippen molar-refractivity contribution in [3.8, 4) is 0 Å². The molecule has 3 heterocycles. The van der Waals surface area contributed by atoms with E-state index in [4.69, 9.17) is 4.74 Å². The summed E-state index contributed by atoms with van der Waals surface area (Å²) in [5.74, 6) is -0.781. The summed E-state index contributed by atoms with van der Waals surface area (Å²) >= 11 is 0. The summed E-state index contributed by atoms with van der Waals surface area (Å²) in [7, 11) is 1.30. The zero-order valence-electron chi connectivity index (χ0n) is 14.9. The van der Waals surface area contributed by atoms with Gasteiger partial charge in [0.2, 0.25) is 5.91 Å². The van der Waals surface area contributed by atoms with Gasteiger partial charge in [0, 0.05) is 31.4 Å². The van der Waals surface area contributed by atoms with Crippen LogP contribution in [0.3, 0.4) is 0 Å². The smallest absolute Gasteiger partial charge is 0.330 e. The fourth-order valence-electron chi connectivity index (χ4n) is 3.54. The highest BCUT2D eigenvalue weighted by Gasteiger charge is 2.40. The van der Waals surface area contributed by atoms with Crippen molar-refractivity contribution in [1.82, 2.24) is 20.1 Å². The van der Waals surface area contributed by atoms with Crippen LogP contribution >= 0.6 is 0 Å². The summed E-state index contributed by atoms with van der Waals surface area (Å²) in [6, 6.07) is 2.62. The highest BCUT2D eigenvalue weighted by Crippen LogP contribution is 2.21. The van der Waals surface area contributed by atoms with E-state index in [1.165, 1.54) is 13.3 Å². The van der Waals surface area contributed by atoms with Gasteiger partial charge < -0.3 is 19.9 Å². The number of methoxy groups -OCH3 is 1. The first-order chi connectivity index (χ1) is 12.6. The second kappa shape index (κ2) is 8.27. The van der Waals surface area contributed by atoms with E-state index in [0.29, 0.717) is 18.7 Å². The molecule has 8 nitrogen and oxygen atoms in total. The molecule has 0 aliphatic carbocycles. The summed E-state index contributed by atoms with van der Waals surface area (Å²) in [6.45, 7) is 2.46. The number of hydrogen-bond donors (Lipinski definition) is 1. The first-order valence-corrected chi connectivity index (χ1v) is 8.90. The number of amides is 2. The molecule has 0 aromatic carbocycles. The van der Waals surface area contributed by atoms with Gasteiger partial charge in [0.1, 0.15) is 6.04 Å². The highest BCUT2D eigenvalue weighted by molar-refractivity contribution is 5.95. The van der Waals surface area contributed by atoms with Gasteiger partial charge in [0.05, 0.1) is 19.2 Å². The number of rotatable bonds is 3. The third-order valence-electron chi connectivity index (χ3n) is 5.02. The van der Waals surface area contributed by atoms with Gasteiger partial charge in [0.15, 0.2) is 0 Å². The van der Waals surface area contributed by atoms with E-state index < -0.39 is 12.0 Å². The number of carbonyl (C=O) groups excluding carboxylic acids is 3. The second-order valence-electron chi connectivity index (χ2n) is 6.59. The number of nitrogens with zero attached hydrogens (tertiary/aromatic N) is 3. The zero-order valence-corrected chi connectivity index (χ0v) is 14.9. The van der Waals surface area contributed by atoms with Crippen LogP contribution in [0, 0.1) is 5.92 Å². The second-order valence-corrected chi connectivity index (χ2v) is 6.59. The molecule has 0 spiro atoms. The van der Waals surface area contributed by atoms with Crippen LogP contribution in [0.2, 0.25) is 0 Å². The van der Waals surface area contributed by atoms with Crippen LogP contribution in [0.4, 0.5) is 0 Å². The van der Waals surface area contributed by atoms with E-state index in [9.17, 15) is 14.4 Å². The molecule has 0 saturated carbocycles. The predicted octanol–water partition coefficient (Wildman–Crippen LogP) is -0.0928. The average molecular weight is 360 g/mol. The van der Waals surface area contributed by atoms with Gasteiger partial charge in [-0.2, -0.15) is 0 Å². The number of aromatic nitrogens is 1. The topological polar surface area (TPSA) is 91.8 Å². The van der Waals surface area contributed by atoms with Crippen LogP contribution in [0.1, 0.15) is 23.2 Å². The lowest BCUT2D eigenvalue weighted by Gasteiger charge is -2.41. The van der Waals surface area contributed by atoms with Crippen molar-refractivity contribution >= 4 is 17.8 Å². The molecule has 1 aromatic heterocycles. The Kier molecular flexibility index (Phi) is 5.82. The normalized spacial score (nSPS) is 21.3. The van der Waals surface area contributed by atoms with Gasteiger partial charge in [-0.3, -0.25) is 14.6 Å². The van der Waals surface area contributed by atoms with Crippen LogP contribution in [0.5, 0.6) is 0 Å². The maximum Gasteiger partial charge on any atom is 0.330 e. The van der Waals surface area contributed by atoms with Crippen molar-refractivity contribution in [1.29, 1.82) is 0 Å². The maximum atomic E-state index is 12.9. The van der Waals surface area contributed by atoms with E-state index >= 15 is 0 Å². The molecule has 1 atom stereocenters. The number of hydrogen-bond acceptors (Lipinski definition) is 6. The van der Waals surface area contributed by atoms with Crippen LogP contribution in [-0.2, 0) is 14.3 Å². The molecular formula is C18H24N4O4. The van der Waals surface area contributed by atoms with Gasteiger partial charge in [-0.15, -0.1) is 0 Å². The van der Waals surface area contributed by atoms with Gasteiger partial charge >= 0.3 is 5.97 Å². The van der Waals surface area contributed by atoms with Gasteiger partial charge in [-0.25, -0.2) is 4.79 Å². The molecule has 1 aromatic rings. The number of nitrogens with one attached hydrogen (secondary N) is 1. The largest absolute Gasteiger partial charge is 0.467 e. The molecule has 2 aliphatic heterocycles. The standard InChI is InChI=1S/C18H24N4O4/c1-26-18(25)15-12-21(16(23)14-3-2-6-20-11-14)9-10-22(15)17(24)13-4-7-19-8-5-13/h2-3,6,11,13,15,19H,4-5,7-10,12H2,1H3/t15-/m0/s1. The fourth-order valence-corrected chi connectivity index (χ4v) is 3.54. The monoisotopic (exact) mass is 360 g/mol. The predicted molar refractivity (Wildman–Crippen MR) is 93.3 cm³/mol. The van der Waals surface area contributed by atoms with E-state index in [1.807, 2.05) is 0 Å². The quantitative estimate of drug-likeness (QED) is 0.758. The summed E-state index contributed by atoms with van der Waals surface area (Å²) in [5.41, 5.74) is 0.467. The molecule has 3 rings (SSSR count). The van der Waals surface area contributed by atoms with Crippen molar-refractivity contribution < 1.29 is 19.1 Å². The molecule has 140 valence electrons. The lowest BCUT2D eigenvalue weighted by molar-refractivity contribution is -0.157. The molecule has 2 fully saturated rings. The van der Waals surface area contributed by atoms with Crippen molar-refractivity contribution in [2.24, 2.45) is 5.92 Å². The van der Waals surface area contributed by atoms with Crippen LogP contribution in [0.15, 0.2) is 24.5 Å². The van der Waals surface area contributed by atoms with E-state index in [1.54, 1.807) is 28.1 Å². The Labute approximate surface area is 152 Å². The van der Waals surface area contributed by atoms with Gasteiger partial charge in [-0.05, 0) is 38.1 Å². The van der Waals surface area contributed by atoms with Crippen molar-refractivity contribution in [2.45, 2.75) is 18.9 Å². The number of pyridine rings is 1. The number of carbonyl (C=O) groups is 3. The average Bonchev–Trinajstić information content (AvgIpc) is 2.73. The number of piperazine rings is 1. The molecule has 1 N–H and O–H groups in total. The Morgan fingerprint density at radius 3 is 2.65 bits per heavy atom. The lowest BCUT2D eigenvalue weighted by Crippen LogP contribution is -2.61. The zero-order chi connectivity index (χ0) is 18.5. The Hall–Kier alpha value is -2.48. The minimum atomic E-state index is -0.767. The van der Waals surface area contributed by atoms with Crippen LogP contribution < -0.4 is 5.32 Å². The first kappa shape index (κ1) is 18.3. The van der Waals surface area contributed by atoms with Crippen molar-refractivity contribution in [2.75, 3.05) is 39.8 Å². The molecule has 0 bridgehead atoms. The lowest BCUT2D eigenvalue weighted by atomic mass is 9.95. The van der Waals surface area contributed by atoms with E-state index in [0.717, 1.165) is 25.9 Å². The highest BCUT2D eigenvalue weighted by atomic mass is 16.5. The Morgan fingerprint density at radius 1 is 1.23 bits per heavy atom. The summed E-state index contributed by atoms with van der Waals surface area (Å²) < 4.78 is 4.90. The number of ether oxygens (including phenoxy) is 1. The molecule has 0 radical (unpaired) electrons. The van der Waals surface area contributed by atoms with Gasteiger partial charge in [-0.1, -0.05) is 0 Å².